The minimum atomic E-state index is -0.567. The van der Waals surface area contributed by atoms with E-state index in [-0.39, 0.29) is 22.0 Å². The summed E-state index contributed by atoms with van der Waals surface area (Å²) in [6.07, 6.45) is 0. The Morgan fingerprint density at radius 2 is 1.55 bits per heavy atom. The van der Waals surface area contributed by atoms with Gasteiger partial charge in [0.25, 0.3) is 11.8 Å². The van der Waals surface area contributed by atoms with E-state index in [1.54, 1.807) is 24.3 Å². The monoisotopic (exact) mass is 405 g/mol. The number of rotatable bonds is 5. The number of benzene rings is 2. The summed E-state index contributed by atoms with van der Waals surface area (Å²) in [6, 6.07) is 15.6. The number of nitrogens with one attached hydrogen (secondary N) is 1. The van der Waals surface area contributed by atoms with Crippen LogP contribution in [0.4, 0.5) is 5.13 Å². The molecule has 4 rings (SSSR count). The molecule has 0 fully saturated rings. The molecule has 3 aromatic rings. The van der Waals surface area contributed by atoms with Crippen molar-refractivity contribution in [2.75, 3.05) is 11.9 Å². The molecular formula is C21H15N3O4S. The van der Waals surface area contributed by atoms with Crippen LogP contribution in [-0.4, -0.2) is 39.9 Å². The quantitative estimate of drug-likeness (QED) is 0.519. The van der Waals surface area contributed by atoms with Gasteiger partial charge in [0.2, 0.25) is 5.91 Å². The molecule has 0 spiro atoms. The topological polar surface area (TPSA) is 96.4 Å². The van der Waals surface area contributed by atoms with Gasteiger partial charge >= 0.3 is 0 Å². The molecule has 0 saturated heterocycles. The van der Waals surface area contributed by atoms with E-state index in [4.69, 9.17) is 0 Å². The molecule has 0 bridgehead atoms. The van der Waals surface area contributed by atoms with Gasteiger partial charge in [-0.25, -0.2) is 4.98 Å². The number of nitrogens with zero attached hydrogens (tertiary/aromatic N) is 2. The first-order valence-corrected chi connectivity index (χ1v) is 9.59. The Kier molecular flexibility index (Phi) is 4.77. The van der Waals surface area contributed by atoms with Crippen molar-refractivity contribution in [2.24, 2.45) is 0 Å². The summed E-state index contributed by atoms with van der Waals surface area (Å²) < 4.78 is 0. The molecule has 1 aromatic heterocycles. The highest BCUT2D eigenvalue weighted by atomic mass is 32.1. The third-order valence-corrected chi connectivity index (χ3v) is 5.49. The minimum absolute atomic E-state index is 0.165. The van der Waals surface area contributed by atoms with E-state index >= 15 is 0 Å². The number of thiazole rings is 1. The normalized spacial score (nSPS) is 12.8. The number of anilines is 1. The second-order valence-electron chi connectivity index (χ2n) is 6.41. The van der Waals surface area contributed by atoms with E-state index in [0.29, 0.717) is 10.6 Å². The van der Waals surface area contributed by atoms with Crippen LogP contribution in [0.15, 0.2) is 54.6 Å². The second-order valence-corrected chi connectivity index (χ2v) is 7.41. The number of hydrogen-bond donors (Lipinski definition) is 1. The van der Waals surface area contributed by atoms with Crippen molar-refractivity contribution in [3.8, 4) is 11.3 Å². The first-order chi connectivity index (χ1) is 14.0. The fourth-order valence-electron chi connectivity index (χ4n) is 3.09. The average Bonchev–Trinajstić information content (AvgIpc) is 3.24. The van der Waals surface area contributed by atoms with Crippen molar-refractivity contribution in [2.45, 2.75) is 6.92 Å². The molecule has 0 atom stereocenters. The number of carbonyl (C=O) groups is 4. The number of fused-ring (bicyclic) bond motifs is 1. The van der Waals surface area contributed by atoms with Gasteiger partial charge in [0.05, 0.1) is 21.7 Å². The molecule has 0 saturated carbocycles. The van der Waals surface area contributed by atoms with Gasteiger partial charge in [0.1, 0.15) is 6.54 Å². The molecule has 0 unspecified atom stereocenters. The fourth-order valence-corrected chi connectivity index (χ4v) is 3.99. The van der Waals surface area contributed by atoms with Gasteiger partial charge in [-0.05, 0) is 12.1 Å². The average molecular weight is 405 g/mol. The Morgan fingerprint density at radius 1 is 0.966 bits per heavy atom. The number of amides is 3. The summed E-state index contributed by atoms with van der Waals surface area (Å²) in [7, 11) is 0. The van der Waals surface area contributed by atoms with Crippen molar-refractivity contribution >= 4 is 40.0 Å². The van der Waals surface area contributed by atoms with Crippen molar-refractivity contribution in [3.05, 3.63) is 70.6 Å². The molecule has 3 amide bonds. The Bertz CT molecular complexity index is 1120. The highest BCUT2D eigenvalue weighted by Crippen LogP contribution is 2.31. The number of ketones is 1. The van der Waals surface area contributed by atoms with E-state index in [1.807, 2.05) is 30.3 Å². The number of carbonyl (C=O) groups excluding carboxylic acids is 4. The maximum absolute atomic E-state index is 12.5. The molecule has 7 nitrogen and oxygen atoms in total. The number of hydrogen-bond acceptors (Lipinski definition) is 6. The smallest absolute Gasteiger partial charge is 0.262 e. The zero-order valence-corrected chi connectivity index (χ0v) is 16.2. The zero-order chi connectivity index (χ0) is 20.5. The predicted octanol–water partition coefficient (Wildman–Crippen LogP) is 3.25. The van der Waals surface area contributed by atoms with Gasteiger partial charge in [-0.15, -0.1) is 0 Å². The molecule has 0 radical (unpaired) electrons. The van der Waals surface area contributed by atoms with E-state index in [1.165, 1.54) is 6.92 Å². The van der Waals surface area contributed by atoms with Crippen LogP contribution in [0.2, 0.25) is 0 Å². The second kappa shape index (κ2) is 7.40. The highest BCUT2D eigenvalue weighted by molar-refractivity contribution is 7.18. The van der Waals surface area contributed by atoms with Crippen LogP contribution in [0, 0.1) is 0 Å². The lowest BCUT2D eigenvalue weighted by molar-refractivity contribution is -0.116. The van der Waals surface area contributed by atoms with Gasteiger partial charge < -0.3 is 5.32 Å². The van der Waals surface area contributed by atoms with Crippen LogP contribution >= 0.6 is 11.3 Å². The van der Waals surface area contributed by atoms with Crippen LogP contribution in [-0.2, 0) is 4.79 Å². The Morgan fingerprint density at radius 3 is 2.14 bits per heavy atom. The van der Waals surface area contributed by atoms with Gasteiger partial charge in [-0.2, -0.15) is 0 Å². The molecule has 2 aromatic carbocycles. The van der Waals surface area contributed by atoms with Gasteiger partial charge in [-0.3, -0.25) is 24.1 Å². The van der Waals surface area contributed by atoms with Crippen LogP contribution in [0.1, 0.15) is 37.3 Å². The summed E-state index contributed by atoms with van der Waals surface area (Å²) in [4.78, 5) is 54.9. The van der Waals surface area contributed by atoms with Crippen molar-refractivity contribution in [3.63, 3.8) is 0 Å². The first-order valence-electron chi connectivity index (χ1n) is 8.78. The zero-order valence-electron chi connectivity index (χ0n) is 15.3. The van der Waals surface area contributed by atoms with Gasteiger partial charge in [-0.1, -0.05) is 53.8 Å². The number of Topliss-reactive ketones (excluding diaryl/α,β-unsaturated/α-hetero) is 1. The van der Waals surface area contributed by atoms with Crippen molar-refractivity contribution < 1.29 is 19.2 Å². The minimum Gasteiger partial charge on any atom is -0.300 e. The third kappa shape index (κ3) is 3.45. The summed E-state index contributed by atoms with van der Waals surface area (Å²) in [5.74, 6) is -1.74. The van der Waals surface area contributed by atoms with E-state index in [2.05, 4.69) is 10.3 Å². The largest absolute Gasteiger partial charge is 0.300 e. The predicted molar refractivity (Wildman–Crippen MR) is 108 cm³/mol. The molecule has 29 heavy (non-hydrogen) atoms. The lowest BCUT2D eigenvalue weighted by Crippen LogP contribution is -2.37. The fraction of sp³-hybridized carbons (Fsp3) is 0.0952. The molecule has 1 aliphatic heterocycles. The van der Waals surface area contributed by atoms with Gasteiger partial charge in [0.15, 0.2) is 10.9 Å². The molecule has 1 N–H and O–H groups in total. The summed E-state index contributed by atoms with van der Waals surface area (Å²) in [5.41, 5.74) is 1.81. The van der Waals surface area contributed by atoms with E-state index < -0.39 is 24.3 Å². The Balaban J connectivity index is 1.53. The summed E-state index contributed by atoms with van der Waals surface area (Å²) in [6.45, 7) is 1.01. The van der Waals surface area contributed by atoms with E-state index in [0.717, 1.165) is 21.8 Å². The van der Waals surface area contributed by atoms with Crippen molar-refractivity contribution in [1.29, 1.82) is 0 Å². The maximum atomic E-state index is 12.5. The van der Waals surface area contributed by atoms with Crippen molar-refractivity contribution in [1.82, 2.24) is 9.88 Å². The molecule has 8 heteroatoms. The number of imide groups is 1. The van der Waals surface area contributed by atoms with Crippen LogP contribution < -0.4 is 5.32 Å². The summed E-state index contributed by atoms with van der Waals surface area (Å²) >= 11 is 1.06. The lowest BCUT2D eigenvalue weighted by Gasteiger charge is -2.12. The van der Waals surface area contributed by atoms with Crippen LogP contribution in [0.5, 0.6) is 0 Å². The molecule has 1 aliphatic rings. The Hall–Kier alpha value is -3.65. The first kappa shape index (κ1) is 18.7. The van der Waals surface area contributed by atoms with Crippen LogP contribution in [0.3, 0.4) is 0 Å². The summed E-state index contributed by atoms with van der Waals surface area (Å²) in [5, 5.41) is 2.82. The lowest BCUT2D eigenvalue weighted by atomic mass is 10.1. The maximum Gasteiger partial charge on any atom is 0.262 e. The van der Waals surface area contributed by atoms with Crippen LogP contribution in [0.25, 0.3) is 11.3 Å². The molecule has 2 heterocycles. The highest BCUT2D eigenvalue weighted by Gasteiger charge is 2.36. The molecular weight excluding hydrogens is 390 g/mol. The number of aromatic nitrogens is 1. The third-order valence-electron chi connectivity index (χ3n) is 4.42. The standard InChI is InChI=1S/C21H15N3O4S/c1-12(25)18-17(13-7-3-2-4-8-13)23-21(29-18)22-16(26)11-24-19(27)14-9-5-6-10-15(14)20(24)28/h2-10H,11H2,1H3,(H,22,23,26). The van der Waals surface area contributed by atoms with E-state index in [9.17, 15) is 19.2 Å². The van der Waals surface area contributed by atoms with Gasteiger partial charge in [0, 0.05) is 12.5 Å². The Labute approximate surface area is 170 Å². The SMILES string of the molecule is CC(=O)c1sc(NC(=O)CN2C(=O)c3ccccc3C2=O)nc1-c1ccccc1. The molecule has 144 valence electrons. The molecule has 0 aliphatic carbocycles.